The summed E-state index contributed by atoms with van der Waals surface area (Å²) in [6.45, 7) is 6.79. The van der Waals surface area contributed by atoms with Crippen LogP contribution in [0.5, 0.6) is 0 Å². The lowest BCUT2D eigenvalue weighted by Gasteiger charge is -2.12. The molecule has 0 spiro atoms. The maximum absolute atomic E-state index is 11.9. The van der Waals surface area contributed by atoms with E-state index in [0.717, 1.165) is 32.5 Å². The Kier molecular flexibility index (Phi) is 6.32. The Balaban J connectivity index is 0.00000180. The van der Waals surface area contributed by atoms with Gasteiger partial charge in [-0.05, 0) is 49.9 Å². The van der Waals surface area contributed by atoms with Gasteiger partial charge in [-0.3, -0.25) is 4.79 Å². The van der Waals surface area contributed by atoms with Gasteiger partial charge < -0.3 is 10.6 Å². The number of carbonyl (C=O) groups is 1. The molecule has 0 bridgehead atoms. The van der Waals surface area contributed by atoms with Crippen molar-refractivity contribution < 1.29 is 4.79 Å². The number of amides is 1. The second-order valence-electron chi connectivity index (χ2n) is 5.10. The quantitative estimate of drug-likeness (QED) is 0.887. The first-order valence-corrected chi connectivity index (χ1v) is 6.72. The van der Waals surface area contributed by atoms with Crippen LogP contribution in [0.3, 0.4) is 0 Å². The summed E-state index contributed by atoms with van der Waals surface area (Å²) in [6, 6.07) is 6.34. The predicted molar refractivity (Wildman–Crippen MR) is 80.9 cm³/mol. The number of benzene rings is 1. The SMILES string of the molecule is Cc1cccc(C)c1CCNC(=O)C1CCNC1.Cl. The summed E-state index contributed by atoms with van der Waals surface area (Å²) in [5.74, 6) is 0.370. The summed E-state index contributed by atoms with van der Waals surface area (Å²) >= 11 is 0. The van der Waals surface area contributed by atoms with Crippen LogP contribution in [0.2, 0.25) is 0 Å². The summed E-state index contributed by atoms with van der Waals surface area (Å²) in [6.07, 6.45) is 1.89. The van der Waals surface area contributed by atoms with E-state index in [2.05, 4.69) is 42.7 Å². The zero-order valence-corrected chi connectivity index (χ0v) is 12.5. The van der Waals surface area contributed by atoms with Crippen molar-refractivity contribution in [3.8, 4) is 0 Å². The van der Waals surface area contributed by atoms with Crippen molar-refractivity contribution in [1.82, 2.24) is 10.6 Å². The summed E-state index contributed by atoms with van der Waals surface area (Å²) in [5, 5.41) is 6.27. The molecule has 0 saturated carbocycles. The molecule has 1 atom stereocenters. The predicted octanol–water partition coefficient (Wildman–Crippen LogP) is 1.99. The van der Waals surface area contributed by atoms with Crippen LogP contribution in [-0.2, 0) is 11.2 Å². The molecule has 2 N–H and O–H groups in total. The number of carbonyl (C=O) groups excluding carboxylic acids is 1. The summed E-state index contributed by atoms with van der Waals surface area (Å²) in [4.78, 5) is 11.9. The van der Waals surface area contributed by atoms with Crippen molar-refractivity contribution in [3.63, 3.8) is 0 Å². The minimum atomic E-state index is 0. The van der Waals surface area contributed by atoms with Gasteiger partial charge in [0.15, 0.2) is 0 Å². The molecule has 1 unspecified atom stereocenters. The molecule has 106 valence electrons. The summed E-state index contributed by atoms with van der Waals surface area (Å²) in [7, 11) is 0. The molecule has 0 aliphatic carbocycles. The second kappa shape index (κ2) is 7.51. The zero-order valence-electron chi connectivity index (χ0n) is 11.7. The van der Waals surface area contributed by atoms with Crippen LogP contribution in [0.25, 0.3) is 0 Å². The molecular weight excluding hydrogens is 260 g/mol. The van der Waals surface area contributed by atoms with E-state index in [1.807, 2.05) is 0 Å². The highest BCUT2D eigenvalue weighted by atomic mass is 35.5. The third-order valence-electron chi connectivity index (χ3n) is 3.75. The first kappa shape index (κ1) is 16.0. The number of nitrogens with one attached hydrogen (secondary N) is 2. The minimum Gasteiger partial charge on any atom is -0.355 e. The Hall–Kier alpha value is -1.06. The van der Waals surface area contributed by atoms with E-state index in [1.54, 1.807) is 0 Å². The normalized spacial score (nSPS) is 17.9. The van der Waals surface area contributed by atoms with Gasteiger partial charge in [0, 0.05) is 13.1 Å². The van der Waals surface area contributed by atoms with Crippen molar-refractivity contribution in [2.45, 2.75) is 26.7 Å². The van der Waals surface area contributed by atoms with E-state index in [9.17, 15) is 4.79 Å². The molecule has 1 fully saturated rings. The molecule has 0 radical (unpaired) electrons. The van der Waals surface area contributed by atoms with Gasteiger partial charge in [0.2, 0.25) is 5.91 Å². The van der Waals surface area contributed by atoms with E-state index in [4.69, 9.17) is 0 Å². The molecule has 2 rings (SSSR count). The third-order valence-corrected chi connectivity index (χ3v) is 3.75. The van der Waals surface area contributed by atoms with Gasteiger partial charge in [0.25, 0.3) is 0 Å². The van der Waals surface area contributed by atoms with Crippen molar-refractivity contribution in [1.29, 1.82) is 0 Å². The zero-order chi connectivity index (χ0) is 13.0. The fourth-order valence-corrected chi connectivity index (χ4v) is 2.58. The first-order valence-electron chi connectivity index (χ1n) is 6.72. The molecule has 0 aromatic heterocycles. The average Bonchev–Trinajstić information content (AvgIpc) is 2.86. The highest BCUT2D eigenvalue weighted by Gasteiger charge is 2.21. The molecule has 1 aromatic rings. The van der Waals surface area contributed by atoms with E-state index in [-0.39, 0.29) is 24.2 Å². The van der Waals surface area contributed by atoms with Crippen LogP contribution in [0, 0.1) is 19.8 Å². The Morgan fingerprint density at radius 1 is 1.37 bits per heavy atom. The smallest absolute Gasteiger partial charge is 0.224 e. The minimum absolute atomic E-state index is 0. The second-order valence-corrected chi connectivity index (χ2v) is 5.10. The van der Waals surface area contributed by atoms with Gasteiger partial charge in [-0.2, -0.15) is 0 Å². The standard InChI is InChI=1S/C15H22N2O.ClH/c1-11-4-3-5-12(2)14(11)7-9-17-15(18)13-6-8-16-10-13;/h3-5,13,16H,6-10H2,1-2H3,(H,17,18);1H. The fraction of sp³-hybridized carbons (Fsp3) is 0.533. The van der Waals surface area contributed by atoms with E-state index in [0.29, 0.717) is 0 Å². The van der Waals surface area contributed by atoms with Gasteiger partial charge in [0.05, 0.1) is 5.92 Å². The topological polar surface area (TPSA) is 41.1 Å². The molecular formula is C15H23ClN2O. The lowest BCUT2D eigenvalue weighted by atomic mass is 10.00. The van der Waals surface area contributed by atoms with Crippen molar-refractivity contribution in [2.24, 2.45) is 5.92 Å². The van der Waals surface area contributed by atoms with Crippen LogP contribution in [0.4, 0.5) is 0 Å². The molecule has 4 heteroatoms. The monoisotopic (exact) mass is 282 g/mol. The Morgan fingerprint density at radius 2 is 2.05 bits per heavy atom. The number of hydrogen-bond donors (Lipinski definition) is 2. The molecule has 1 saturated heterocycles. The molecule has 1 heterocycles. The van der Waals surface area contributed by atoms with Crippen LogP contribution < -0.4 is 10.6 Å². The Bertz CT molecular complexity index is 408. The lowest BCUT2D eigenvalue weighted by Crippen LogP contribution is -2.33. The lowest BCUT2D eigenvalue weighted by molar-refractivity contribution is -0.124. The molecule has 1 aliphatic rings. The number of rotatable bonds is 4. The maximum Gasteiger partial charge on any atom is 0.224 e. The van der Waals surface area contributed by atoms with Crippen molar-refractivity contribution in [3.05, 3.63) is 34.9 Å². The van der Waals surface area contributed by atoms with Crippen LogP contribution in [-0.4, -0.2) is 25.5 Å². The molecule has 19 heavy (non-hydrogen) atoms. The largest absolute Gasteiger partial charge is 0.355 e. The molecule has 1 amide bonds. The van der Waals surface area contributed by atoms with Gasteiger partial charge in [-0.25, -0.2) is 0 Å². The Morgan fingerprint density at radius 3 is 2.63 bits per heavy atom. The van der Waals surface area contributed by atoms with Gasteiger partial charge >= 0.3 is 0 Å². The molecule has 1 aliphatic heterocycles. The van der Waals surface area contributed by atoms with Crippen molar-refractivity contribution in [2.75, 3.05) is 19.6 Å². The van der Waals surface area contributed by atoms with Crippen molar-refractivity contribution >= 4 is 18.3 Å². The highest BCUT2D eigenvalue weighted by Crippen LogP contribution is 2.13. The van der Waals surface area contributed by atoms with Gasteiger partial charge in [0.1, 0.15) is 0 Å². The third kappa shape index (κ3) is 4.22. The molecule has 3 nitrogen and oxygen atoms in total. The summed E-state index contributed by atoms with van der Waals surface area (Å²) < 4.78 is 0. The van der Waals surface area contributed by atoms with Gasteiger partial charge in [-0.1, -0.05) is 18.2 Å². The Labute approximate surface area is 121 Å². The number of aryl methyl sites for hydroxylation is 2. The highest BCUT2D eigenvalue weighted by molar-refractivity contribution is 5.85. The number of hydrogen-bond acceptors (Lipinski definition) is 2. The van der Waals surface area contributed by atoms with E-state index < -0.39 is 0 Å². The van der Waals surface area contributed by atoms with E-state index >= 15 is 0 Å². The van der Waals surface area contributed by atoms with Gasteiger partial charge in [-0.15, -0.1) is 12.4 Å². The maximum atomic E-state index is 11.9. The van der Waals surface area contributed by atoms with Crippen LogP contribution in [0.15, 0.2) is 18.2 Å². The number of halogens is 1. The molecule has 1 aromatic carbocycles. The first-order chi connectivity index (χ1) is 8.68. The van der Waals surface area contributed by atoms with Crippen LogP contribution >= 0.6 is 12.4 Å². The average molecular weight is 283 g/mol. The van der Waals surface area contributed by atoms with E-state index in [1.165, 1.54) is 16.7 Å². The fourth-order valence-electron chi connectivity index (χ4n) is 2.58. The van der Waals surface area contributed by atoms with Crippen LogP contribution in [0.1, 0.15) is 23.1 Å². The summed E-state index contributed by atoms with van der Waals surface area (Å²) in [5.41, 5.74) is 3.99.